The number of likely N-dealkylation sites (tertiary alicyclic amines) is 1. The van der Waals surface area contributed by atoms with E-state index in [1.807, 2.05) is 30.3 Å². The zero-order valence-electron chi connectivity index (χ0n) is 23.0. The molecule has 1 amide bonds. The van der Waals surface area contributed by atoms with Gasteiger partial charge in [0, 0.05) is 35.4 Å². The number of nitrogens with zero attached hydrogens (tertiary/aromatic N) is 3. The van der Waals surface area contributed by atoms with E-state index < -0.39 is 23.5 Å². The quantitative estimate of drug-likeness (QED) is 0.239. The summed E-state index contributed by atoms with van der Waals surface area (Å²) in [5.74, 6) is -1.03. The number of ether oxygens (including phenoxy) is 3. The van der Waals surface area contributed by atoms with Gasteiger partial charge in [0.2, 0.25) is 5.78 Å². The van der Waals surface area contributed by atoms with E-state index in [0.29, 0.717) is 48.9 Å². The molecule has 0 spiro atoms. The van der Waals surface area contributed by atoms with Gasteiger partial charge in [0.05, 0.1) is 51.9 Å². The lowest BCUT2D eigenvalue weighted by atomic mass is 9.94. The highest BCUT2D eigenvalue weighted by Gasteiger charge is 2.45. The minimum Gasteiger partial charge on any atom is -0.872 e. The lowest BCUT2D eigenvalue weighted by molar-refractivity contribution is -0.908. The first-order valence-corrected chi connectivity index (χ1v) is 13.4. The second-order valence-electron chi connectivity index (χ2n) is 9.94. The second kappa shape index (κ2) is 11.9. The van der Waals surface area contributed by atoms with Gasteiger partial charge in [-0.3, -0.25) is 9.59 Å². The first-order chi connectivity index (χ1) is 19.4. The smallest absolute Gasteiger partial charge is 0.295 e. The molecule has 3 heterocycles. The fourth-order valence-corrected chi connectivity index (χ4v) is 5.49. The number of ketones is 1. The van der Waals surface area contributed by atoms with Crippen LogP contribution < -0.4 is 19.5 Å². The molecular weight excluding hydrogens is 512 g/mol. The van der Waals surface area contributed by atoms with Gasteiger partial charge in [-0.2, -0.15) is 5.10 Å². The standard InChI is InChI=1S/C30H34N4O6/c1-20-24(19-31-34(20)21-8-5-4-6-9-21)28(35)26-27(23-18-22(38-2)10-11-25(23)39-3)33(30(37)29(26)36)13-7-12-32-14-16-40-17-15-32/h4-6,8-11,18-19,27,35H,7,12-17H2,1-3H3/b28-26+. The van der Waals surface area contributed by atoms with E-state index in [4.69, 9.17) is 14.2 Å². The van der Waals surface area contributed by atoms with Crippen LogP contribution in [-0.2, 0) is 14.3 Å². The molecule has 0 radical (unpaired) electrons. The number of aromatic nitrogens is 2. The monoisotopic (exact) mass is 546 g/mol. The number of amides is 1. The van der Waals surface area contributed by atoms with Crippen LogP contribution in [0.4, 0.5) is 0 Å². The van der Waals surface area contributed by atoms with E-state index >= 15 is 0 Å². The van der Waals surface area contributed by atoms with Gasteiger partial charge in [0.15, 0.2) is 0 Å². The first kappa shape index (κ1) is 27.4. The maximum atomic E-state index is 14.1. The Morgan fingerprint density at radius 3 is 2.55 bits per heavy atom. The number of hydrogen-bond donors (Lipinski definition) is 1. The molecule has 2 fully saturated rings. The number of nitrogens with one attached hydrogen (secondary N) is 1. The predicted molar refractivity (Wildman–Crippen MR) is 145 cm³/mol. The Kier molecular flexibility index (Phi) is 8.18. The molecule has 10 heteroatoms. The van der Waals surface area contributed by atoms with Crippen molar-refractivity contribution in [1.82, 2.24) is 14.7 Å². The first-order valence-electron chi connectivity index (χ1n) is 13.4. The van der Waals surface area contributed by atoms with Gasteiger partial charge < -0.3 is 29.1 Å². The van der Waals surface area contributed by atoms with Gasteiger partial charge in [-0.1, -0.05) is 24.0 Å². The number of carbonyl (C=O) groups is 2. The zero-order chi connectivity index (χ0) is 28.2. The number of benzene rings is 2. The highest BCUT2D eigenvalue weighted by molar-refractivity contribution is 6.46. The van der Waals surface area contributed by atoms with Crippen LogP contribution in [0.15, 0.2) is 60.3 Å². The number of hydrogen-bond acceptors (Lipinski definition) is 7. The summed E-state index contributed by atoms with van der Waals surface area (Å²) in [6, 6.07) is 13.7. The molecule has 0 saturated carbocycles. The minimum atomic E-state index is -0.920. The number of Topliss-reactive ketones (excluding diaryl/α,β-unsaturated/α-hetero) is 1. The Hall–Kier alpha value is -4.15. The average Bonchev–Trinajstić information content (AvgIpc) is 3.50. The van der Waals surface area contributed by atoms with Crippen LogP contribution in [0.1, 0.15) is 29.3 Å². The van der Waals surface area contributed by atoms with Gasteiger partial charge >= 0.3 is 0 Å². The molecule has 40 heavy (non-hydrogen) atoms. The van der Waals surface area contributed by atoms with E-state index in [1.165, 1.54) is 30.2 Å². The molecule has 3 aromatic rings. The summed E-state index contributed by atoms with van der Waals surface area (Å²) in [5.41, 5.74) is 2.06. The molecule has 5 rings (SSSR count). The molecule has 1 atom stereocenters. The zero-order valence-corrected chi connectivity index (χ0v) is 23.0. The summed E-state index contributed by atoms with van der Waals surface area (Å²) < 4.78 is 18.2. The van der Waals surface area contributed by atoms with Crippen LogP contribution in [0, 0.1) is 6.92 Å². The Morgan fingerprint density at radius 1 is 1.10 bits per heavy atom. The number of rotatable bonds is 9. The third kappa shape index (κ3) is 5.20. The van der Waals surface area contributed by atoms with Crippen molar-refractivity contribution in [2.45, 2.75) is 19.4 Å². The Labute approximate surface area is 233 Å². The van der Waals surface area contributed by atoms with E-state index in [2.05, 4.69) is 5.10 Å². The maximum absolute atomic E-state index is 14.1. The van der Waals surface area contributed by atoms with Gasteiger partial charge in [-0.15, -0.1) is 0 Å². The number of morpholine rings is 1. The molecule has 2 saturated heterocycles. The number of para-hydroxylation sites is 1. The predicted octanol–water partition coefficient (Wildman–Crippen LogP) is 0.727. The van der Waals surface area contributed by atoms with Gasteiger partial charge in [0.1, 0.15) is 24.6 Å². The van der Waals surface area contributed by atoms with Crippen molar-refractivity contribution < 1.29 is 33.8 Å². The SMILES string of the molecule is COc1ccc(OC)c(C2/C(=C(\[O-])c3cnn(-c4ccccc4)c3C)C(=O)C(=O)N2CCC[NH+]2CCOCC2)c1. The molecule has 210 valence electrons. The summed E-state index contributed by atoms with van der Waals surface area (Å²) in [6.07, 6.45) is 2.13. The van der Waals surface area contributed by atoms with Gasteiger partial charge in [0.25, 0.3) is 5.91 Å². The number of carbonyl (C=O) groups excluding carboxylic acids is 2. The summed E-state index contributed by atoms with van der Waals surface area (Å²) in [5, 5.41) is 18.5. The van der Waals surface area contributed by atoms with Crippen molar-refractivity contribution in [3.8, 4) is 17.2 Å². The highest BCUT2D eigenvalue weighted by atomic mass is 16.5. The number of methoxy groups -OCH3 is 2. The average molecular weight is 547 g/mol. The van der Waals surface area contributed by atoms with Crippen molar-refractivity contribution >= 4 is 17.4 Å². The van der Waals surface area contributed by atoms with Crippen LogP contribution in [0.3, 0.4) is 0 Å². The van der Waals surface area contributed by atoms with Crippen LogP contribution in [-0.4, -0.2) is 80.0 Å². The van der Waals surface area contributed by atoms with E-state index in [0.717, 1.165) is 25.3 Å². The molecule has 1 aromatic heterocycles. The lowest BCUT2D eigenvalue weighted by Gasteiger charge is -2.29. The van der Waals surface area contributed by atoms with Crippen molar-refractivity contribution in [3.63, 3.8) is 0 Å². The summed E-state index contributed by atoms with van der Waals surface area (Å²) in [7, 11) is 3.06. The molecule has 0 aliphatic carbocycles. The van der Waals surface area contributed by atoms with E-state index in [9.17, 15) is 14.7 Å². The molecule has 10 nitrogen and oxygen atoms in total. The highest BCUT2D eigenvalue weighted by Crippen LogP contribution is 2.43. The number of quaternary nitrogens is 1. The van der Waals surface area contributed by atoms with Crippen LogP contribution in [0.2, 0.25) is 0 Å². The molecular formula is C30H34N4O6. The maximum Gasteiger partial charge on any atom is 0.295 e. The normalized spacial score (nSPS) is 19.3. The van der Waals surface area contributed by atoms with Crippen molar-refractivity contribution in [3.05, 3.63) is 77.1 Å². The topological polar surface area (TPSA) is 110 Å². The van der Waals surface area contributed by atoms with Crippen molar-refractivity contribution in [2.75, 3.05) is 53.6 Å². The van der Waals surface area contributed by atoms with Crippen molar-refractivity contribution in [2.24, 2.45) is 0 Å². The molecule has 2 aliphatic heterocycles. The fourth-order valence-electron chi connectivity index (χ4n) is 5.49. The minimum absolute atomic E-state index is 0.106. The van der Waals surface area contributed by atoms with Gasteiger partial charge in [-0.25, -0.2) is 4.68 Å². The molecule has 1 N–H and O–H groups in total. The lowest BCUT2D eigenvalue weighted by Crippen LogP contribution is -3.14. The van der Waals surface area contributed by atoms with Crippen LogP contribution in [0.5, 0.6) is 11.5 Å². The van der Waals surface area contributed by atoms with E-state index in [1.54, 1.807) is 29.8 Å². The Balaban J connectivity index is 1.57. The third-order valence-corrected chi connectivity index (χ3v) is 7.65. The molecule has 1 unspecified atom stereocenters. The Morgan fingerprint density at radius 2 is 1.85 bits per heavy atom. The molecule has 2 aliphatic rings. The fraction of sp³-hybridized carbons (Fsp3) is 0.367. The Bertz CT molecular complexity index is 1410. The van der Waals surface area contributed by atoms with Crippen LogP contribution in [0.25, 0.3) is 11.4 Å². The molecule has 0 bridgehead atoms. The second-order valence-corrected chi connectivity index (χ2v) is 9.94. The summed E-state index contributed by atoms with van der Waals surface area (Å²) in [4.78, 5) is 29.9. The summed E-state index contributed by atoms with van der Waals surface area (Å²) >= 11 is 0. The van der Waals surface area contributed by atoms with Gasteiger partial charge in [-0.05, 0) is 37.3 Å². The van der Waals surface area contributed by atoms with E-state index in [-0.39, 0.29) is 11.1 Å². The van der Waals surface area contributed by atoms with Crippen LogP contribution >= 0.6 is 0 Å². The molecule has 2 aromatic carbocycles. The largest absolute Gasteiger partial charge is 0.872 e. The van der Waals surface area contributed by atoms with Crippen molar-refractivity contribution in [1.29, 1.82) is 0 Å². The third-order valence-electron chi connectivity index (χ3n) is 7.65. The summed E-state index contributed by atoms with van der Waals surface area (Å²) in [6.45, 7) is 6.15.